The average Bonchev–Trinajstić information content (AvgIpc) is 3.32. The molecule has 2 aromatic rings. The number of aromatic nitrogens is 2. The second kappa shape index (κ2) is 7.86. The molecule has 3 rings (SSSR count). The molecule has 0 atom stereocenters. The summed E-state index contributed by atoms with van der Waals surface area (Å²) in [4.78, 5) is 11.3. The molecule has 0 aliphatic carbocycles. The minimum absolute atomic E-state index is 0.790. The zero-order valence-electron chi connectivity index (χ0n) is 14.4. The summed E-state index contributed by atoms with van der Waals surface area (Å²) in [6.45, 7) is 2.24. The van der Waals surface area contributed by atoms with Crippen LogP contribution in [0.1, 0.15) is 49.7 Å². The fourth-order valence-electron chi connectivity index (χ4n) is 2.89. The van der Waals surface area contributed by atoms with Crippen molar-refractivity contribution >= 4 is 11.8 Å². The van der Waals surface area contributed by atoms with Gasteiger partial charge in [0.25, 0.3) is 0 Å². The lowest BCUT2D eigenvalue weighted by molar-refractivity contribution is 0.303. The van der Waals surface area contributed by atoms with Gasteiger partial charge in [0.15, 0.2) is 0 Å². The Hall–Kier alpha value is -2.49. The Morgan fingerprint density at radius 3 is 2.83 bits per heavy atom. The molecule has 0 aromatic carbocycles. The summed E-state index contributed by atoms with van der Waals surface area (Å²) in [5.74, 6) is 0.790. The number of nitrogens with one attached hydrogen (secondary N) is 2. The highest BCUT2D eigenvalue weighted by atomic mass is 16.5. The molecule has 2 aromatic heterocycles. The topological polar surface area (TPSA) is 53.2 Å². The van der Waals surface area contributed by atoms with Gasteiger partial charge in [-0.3, -0.25) is 0 Å². The van der Waals surface area contributed by atoms with Gasteiger partial charge in [-0.05, 0) is 43.2 Å². The number of aromatic amines is 2. The highest BCUT2D eigenvalue weighted by Gasteiger charge is 2.17. The minimum atomic E-state index is 0.790. The Kier molecular flexibility index (Phi) is 5.36. The first kappa shape index (κ1) is 16.4. The van der Waals surface area contributed by atoms with Gasteiger partial charge in [-0.1, -0.05) is 26.2 Å². The molecule has 0 saturated carbocycles. The zero-order valence-corrected chi connectivity index (χ0v) is 14.4. The molecule has 4 nitrogen and oxygen atoms in total. The first-order valence-electron chi connectivity index (χ1n) is 8.68. The van der Waals surface area contributed by atoms with Crippen molar-refractivity contribution < 1.29 is 4.74 Å². The van der Waals surface area contributed by atoms with E-state index in [9.17, 15) is 0 Å². The van der Waals surface area contributed by atoms with Gasteiger partial charge in [0, 0.05) is 23.7 Å². The van der Waals surface area contributed by atoms with Crippen LogP contribution in [0.3, 0.4) is 0 Å². The van der Waals surface area contributed by atoms with E-state index >= 15 is 0 Å². The number of unbranched alkanes of at least 4 members (excludes halogenated alkanes) is 3. The van der Waals surface area contributed by atoms with Crippen molar-refractivity contribution in [2.24, 2.45) is 4.99 Å². The van der Waals surface area contributed by atoms with Gasteiger partial charge < -0.3 is 14.7 Å². The number of aryl methyl sites for hydroxylation is 1. The molecule has 1 aliphatic rings. The molecule has 0 bridgehead atoms. The van der Waals surface area contributed by atoms with E-state index in [2.05, 4.69) is 34.0 Å². The molecule has 126 valence electrons. The molecule has 4 heteroatoms. The third-order valence-electron chi connectivity index (χ3n) is 4.22. The summed E-state index contributed by atoms with van der Waals surface area (Å²) < 4.78 is 5.47. The number of rotatable bonds is 8. The smallest absolute Gasteiger partial charge is 0.146 e. The van der Waals surface area contributed by atoms with Gasteiger partial charge in [-0.15, -0.1) is 0 Å². The molecule has 0 amide bonds. The first-order valence-corrected chi connectivity index (χ1v) is 8.68. The molecule has 1 aliphatic heterocycles. The lowest BCUT2D eigenvalue weighted by atomic mass is 10.1. The molecule has 0 saturated heterocycles. The fraction of sp³-hybridized carbons (Fsp3) is 0.350. The van der Waals surface area contributed by atoms with E-state index in [4.69, 9.17) is 4.74 Å². The van der Waals surface area contributed by atoms with E-state index in [1.165, 1.54) is 31.4 Å². The van der Waals surface area contributed by atoms with Crippen molar-refractivity contribution in [3.63, 3.8) is 0 Å². The summed E-state index contributed by atoms with van der Waals surface area (Å²) >= 11 is 0. The zero-order chi connectivity index (χ0) is 16.8. The number of H-pyrrole nitrogens is 2. The van der Waals surface area contributed by atoms with E-state index in [1.807, 2.05) is 30.5 Å². The van der Waals surface area contributed by atoms with Crippen LogP contribution in [0.25, 0.3) is 6.08 Å². The molecule has 3 heterocycles. The van der Waals surface area contributed by atoms with Crippen LogP contribution >= 0.6 is 0 Å². The molecule has 0 radical (unpaired) electrons. The number of methoxy groups -OCH3 is 1. The number of hydrogen-bond donors (Lipinski definition) is 2. The van der Waals surface area contributed by atoms with E-state index in [0.29, 0.717) is 0 Å². The predicted molar refractivity (Wildman–Crippen MR) is 99.0 cm³/mol. The lowest BCUT2D eigenvalue weighted by Gasteiger charge is -2.01. The summed E-state index contributed by atoms with van der Waals surface area (Å²) in [6, 6.07) is 8.25. The lowest BCUT2D eigenvalue weighted by Crippen LogP contribution is -1.93. The monoisotopic (exact) mass is 323 g/mol. The normalized spacial score (nSPS) is 15.7. The predicted octanol–water partition coefficient (Wildman–Crippen LogP) is 4.84. The van der Waals surface area contributed by atoms with Crippen molar-refractivity contribution in [1.82, 2.24) is 9.97 Å². The number of hydrogen-bond acceptors (Lipinski definition) is 2. The van der Waals surface area contributed by atoms with Crippen LogP contribution in [-0.2, 0) is 11.2 Å². The van der Waals surface area contributed by atoms with Crippen LogP contribution in [0.4, 0.5) is 0 Å². The Morgan fingerprint density at radius 2 is 2.08 bits per heavy atom. The third kappa shape index (κ3) is 3.88. The molecular weight excluding hydrogens is 298 g/mol. The number of allylic oxidation sites excluding steroid dienone is 1. The largest absolute Gasteiger partial charge is 0.494 e. The maximum absolute atomic E-state index is 5.47. The molecule has 0 fully saturated rings. The van der Waals surface area contributed by atoms with Crippen LogP contribution in [0.15, 0.2) is 53.0 Å². The number of nitrogens with zero attached hydrogens (tertiary/aromatic N) is 1. The molecule has 0 unspecified atom stereocenters. The maximum Gasteiger partial charge on any atom is 0.146 e. The van der Waals surface area contributed by atoms with Crippen LogP contribution in [-0.4, -0.2) is 22.8 Å². The van der Waals surface area contributed by atoms with Crippen molar-refractivity contribution in [2.45, 2.75) is 39.0 Å². The van der Waals surface area contributed by atoms with Crippen molar-refractivity contribution in [3.05, 3.63) is 65.1 Å². The molecule has 2 N–H and O–H groups in total. The van der Waals surface area contributed by atoms with Gasteiger partial charge in [-0.25, -0.2) is 4.99 Å². The summed E-state index contributed by atoms with van der Waals surface area (Å²) in [5, 5.41) is 0. The van der Waals surface area contributed by atoms with Crippen LogP contribution in [0.5, 0.6) is 0 Å². The quantitative estimate of drug-likeness (QED) is 0.671. The molecule has 24 heavy (non-hydrogen) atoms. The van der Waals surface area contributed by atoms with Crippen LogP contribution < -0.4 is 0 Å². The van der Waals surface area contributed by atoms with Gasteiger partial charge >= 0.3 is 0 Å². The van der Waals surface area contributed by atoms with Crippen LogP contribution in [0, 0.1) is 0 Å². The Morgan fingerprint density at radius 1 is 1.17 bits per heavy atom. The SMILES string of the molecule is CCCCCCc1ccc(/C=C2\N=C(c3ccc[nH]3)C=C2OC)[nH]1. The first-order chi connectivity index (χ1) is 11.8. The van der Waals surface area contributed by atoms with Crippen molar-refractivity contribution in [3.8, 4) is 0 Å². The summed E-state index contributed by atoms with van der Waals surface area (Å²) in [6.07, 6.45) is 12.1. The number of aliphatic imine (C=N–C) groups is 1. The van der Waals surface area contributed by atoms with Gasteiger partial charge in [0.2, 0.25) is 0 Å². The minimum Gasteiger partial charge on any atom is -0.494 e. The van der Waals surface area contributed by atoms with Gasteiger partial charge in [0.05, 0.1) is 18.5 Å². The van der Waals surface area contributed by atoms with E-state index in [1.54, 1.807) is 7.11 Å². The standard InChI is InChI=1S/C20H25N3O/c1-3-4-5-6-8-15-10-11-16(22-15)13-19-20(24-2)14-18(23-19)17-9-7-12-21-17/h7,9-14,21-22H,3-6,8H2,1-2H3/b19-13-. The average molecular weight is 323 g/mol. The highest BCUT2D eigenvalue weighted by molar-refractivity contribution is 6.11. The summed E-state index contributed by atoms with van der Waals surface area (Å²) in [7, 11) is 1.68. The summed E-state index contributed by atoms with van der Waals surface area (Å²) in [5.41, 5.74) is 5.09. The van der Waals surface area contributed by atoms with Gasteiger partial charge in [-0.2, -0.15) is 0 Å². The Bertz CT molecular complexity index is 748. The van der Waals surface area contributed by atoms with E-state index in [0.717, 1.165) is 35.0 Å². The van der Waals surface area contributed by atoms with Crippen LogP contribution in [0.2, 0.25) is 0 Å². The second-order valence-electron chi connectivity index (χ2n) is 6.07. The Labute approximate surface area is 143 Å². The molecular formula is C20H25N3O. The van der Waals surface area contributed by atoms with E-state index < -0.39 is 0 Å². The van der Waals surface area contributed by atoms with Gasteiger partial charge in [0.1, 0.15) is 11.5 Å². The van der Waals surface area contributed by atoms with E-state index in [-0.39, 0.29) is 0 Å². The fourth-order valence-corrected chi connectivity index (χ4v) is 2.89. The Balaban J connectivity index is 1.71. The highest BCUT2D eigenvalue weighted by Crippen LogP contribution is 2.24. The van der Waals surface area contributed by atoms with Crippen molar-refractivity contribution in [2.75, 3.05) is 7.11 Å². The second-order valence-corrected chi connectivity index (χ2v) is 6.07. The maximum atomic E-state index is 5.47. The number of ether oxygens (including phenoxy) is 1. The van der Waals surface area contributed by atoms with Crippen molar-refractivity contribution in [1.29, 1.82) is 0 Å². The third-order valence-corrected chi connectivity index (χ3v) is 4.22. The molecule has 0 spiro atoms.